The van der Waals surface area contributed by atoms with E-state index in [1.807, 2.05) is 25.1 Å². The van der Waals surface area contributed by atoms with Gasteiger partial charge >= 0.3 is 0 Å². The molecule has 3 rings (SSSR count). The number of benzene rings is 1. The quantitative estimate of drug-likeness (QED) is 0.289. The second-order valence-electron chi connectivity index (χ2n) is 11.4. The molecule has 0 bridgehead atoms. The number of aliphatic imine (C=N–C) groups is 1. The molecule has 4 N–H and O–H groups in total. The number of carbonyl (C=O) groups excluding carboxylic acids is 2. The van der Waals surface area contributed by atoms with Crippen molar-refractivity contribution in [2.75, 3.05) is 19.7 Å². The first-order chi connectivity index (χ1) is 17.6. The molecule has 2 amide bonds. The number of nitrogens with two attached hydrogens (primary N) is 1. The van der Waals surface area contributed by atoms with Crippen molar-refractivity contribution in [3.8, 4) is 5.75 Å². The Balaban J connectivity index is 1.45. The topological polar surface area (TPSA) is 120 Å². The highest BCUT2D eigenvalue weighted by Gasteiger charge is 2.30. The van der Waals surface area contributed by atoms with E-state index in [0.717, 1.165) is 49.1 Å². The van der Waals surface area contributed by atoms with Crippen LogP contribution < -0.4 is 15.8 Å². The smallest absolute Gasteiger partial charge is 0.239 e. The number of amides is 2. The summed E-state index contributed by atoms with van der Waals surface area (Å²) in [4.78, 5) is 33.1. The zero-order valence-electron chi connectivity index (χ0n) is 23.0. The van der Waals surface area contributed by atoms with Crippen LogP contribution in [0, 0.1) is 5.41 Å². The van der Waals surface area contributed by atoms with Crippen molar-refractivity contribution < 1.29 is 19.4 Å². The van der Waals surface area contributed by atoms with Gasteiger partial charge in [0.2, 0.25) is 11.8 Å². The second-order valence-corrected chi connectivity index (χ2v) is 11.4. The van der Waals surface area contributed by atoms with Gasteiger partial charge in [-0.15, -0.1) is 0 Å². The van der Waals surface area contributed by atoms with Crippen LogP contribution in [-0.2, 0) is 16.1 Å². The van der Waals surface area contributed by atoms with Crippen LogP contribution in [0.4, 0.5) is 5.69 Å². The Hall–Kier alpha value is -2.81. The van der Waals surface area contributed by atoms with Crippen molar-refractivity contribution in [3.05, 3.63) is 23.8 Å². The van der Waals surface area contributed by atoms with Crippen LogP contribution in [0.1, 0.15) is 84.6 Å². The molecular formula is C28H45N5O4. The van der Waals surface area contributed by atoms with Crippen LogP contribution in [0.3, 0.4) is 0 Å². The Kier molecular flexibility index (Phi) is 10.2. The number of aliphatic hydroxyl groups is 1. The second kappa shape index (κ2) is 13.1. The fourth-order valence-electron chi connectivity index (χ4n) is 4.79. The Labute approximate surface area is 221 Å². The van der Waals surface area contributed by atoms with Crippen molar-refractivity contribution in [2.45, 2.75) is 97.9 Å². The maximum atomic E-state index is 12.8. The third kappa shape index (κ3) is 8.62. The van der Waals surface area contributed by atoms with Crippen LogP contribution in [0.15, 0.2) is 23.2 Å². The Morgan fingerprint density at radius 1 is 1.27 bits per heavy atom. The summed E-state index contributed by atoms with van der Waals surface area (Å²) in [6.07, 6.45) is 5.95. The third-order valence-corrected chi connectivity index (χ3v) is 6.87. The number of nitrogens with one attached hydrogen (secondary N) is 1. The minimum atomic E-state index is -0.692. The fraction of sp³-hybridized carbons (Fsp3) is 0.679. The molecule has 1 aromatic carbocycles. The summed E-state index contributed by atoms with van der Waals surface area (Å²) in [5.41, 5.74) is 7.85. The Morgan fingerprint density at radius 2 is 2.00 bits per heavy atom. The van der Waals surface area contributed by atoms with Crippen LogP contribution in [0.25, 0.3) is 0 Å². The molecule has 1 aliphatic carbocycles. The molecule has 1 unspecified atom stereocenters. The SMILES string of the molecule is CCC(O)N(C(=O)CCCCOc1ccc2c(c1)CN(CC(=O)NCC(C)(C)C)C(N)=N2)C1CCCC1. The number of carbonyl (C=O) groups is 2. The number of rotatable bonds is 12. The highest BCUT2D eigenvalue weighted by atomic mass is 16.5. The molecule has 2 aliphatic rings. The average molecular weight is 516 g/mol. The molecule has 37 heavy (non-hydrogen) atoms. The number of hydrogen-bond acceptors (Lipinski definition) is 7. The Bertz CT molecular complexity index is 952. The molecular weight excluding hydrogens is 470 g/mol. The number of aliphatic hydroxyl groups excluding tert-OH is 1. The first-order valence-corrected chi connectivity index (χ1v) is 13.7. The van der Waals surface area contributed by atoms with Crippen LogP contribution in [0.5, 0.6) is 5.75 Å². The minimum absolute atomic E-state index is 0.00935. The normalized spacial score (nSPS) is 16.7. The third-order valence-electron chi connectivity index (χ3n) is 6.87. The maximum Gasteiger partial charge on any atom is 0.239 e. The van der Waals surface area contributed by atoms with E-state index in [1.54, 1.807) is 9.80 Å². The van der Waals surface area contributed by atoms with Gasteiger partial charge in [-0.2, -0.15) is 0 Å². The summed E-state index contributed by atoms with van der Waals surface area (Å²) in [7, 11) is 0. The van der Waals surface area contributed by atoms with Gasteiger partial charge in [0.15, 0.2) is 5.96 Å². The van der Waals surface area contributed by atoms with Crippen LogP contribution >= 0.6 is 0 Å². The predicted octanol–water partition coefficient (Wildman–Crippen LogP) is 3.66. The van der Waals surface area contributed by atoms with Crippen LogP contribution in [-0.4, -0.2) is 64.6 Å². The lowest BCUT2D eigenvalue weighted by atomic mass is 9.97. The summed E-state index contributed by atoms with van der Waals surface area (Å²) < 4.78 is 5.95. The highest BCUT2D eigenvalue weighted by molar-refractivity contribution is 5.88. The largest absolute Gasteiger partial charge is 0.494 e. The zero-order chi connectivity index (χ0) is 27.0. The molecule has 206 valence electrons. The van der Waals surface area contributed by atoms with E-state index in [0.29, 0.717) is 44.9 Å². The van der Waals surface area contributed by atoms with Crippen molar-refractivity contribution in [2.24, 2.45) is 16.1 Å². The van der Waals surface area contributed by atoms with Gasteiger partial charge < -0.3 is 30.7 Å². The first-order valence-electron chi connectivity index (χ1n) is 13.7. The summed E-state index contributed by atoms with van der Waals surface area (Å²) in [6.45, 7) is 9.84. The standard InChI is InChI=1S/C28H45N5O4/c1-5-25(35)33(21-10-6-7-11-21)26(36)12-8-9-15-37-22-13-14-23-20(16-22)17-32(27(29)31-23)18-24(34)30-19-28(2,3)4/h13-14,16,21,25,35H,5-12,15,17-19H2,1-4H3,(H2,29,31)(H,30,34). The van der Waals surface area contributed by atoms with Gasteiger partial charge in [-0.05, 0) is 55.7 Å². The highest BCUT2D eigenvalue weighted by Crippen LogP contribution is 2.30. The van der Waals surface area contributed by atoms with Crippen molar-refractivity contribution in [1.82, 2.24) is 15.1 Å². The summed E-state index contributed by atoms with van der Waals surface area (Å²) in [6, 6.07) is 5.86. The van der Waals surface area contributed by atoms with Gasteiger partial charge in [-0.1, -0.05) is 40.5 Å². The van der Waals surface area contributed by atoms with Crippen molar-refractivity contribution >= 4 is 23.5 Å². The van der Waals surface area contributed by atoms with Crippen molar-refractivity contribution in [3.63, 3.8) is 0 Å². The lowest BCUT2D eigenvalue weighted by Crippen LogP contribution is -2.46. The average Bonchev–Trinajstić information content (AvgIpc) is 3.37. The summed E-state index contributed by atoms with van der Waals surface area (Å²) in [5.74, 6) is 1.01. The maximum absolute atomic E-state index is 12.8. The van der Waals surface area contributed by atoms with Gasteiger partial charge in [-0.25, -0.2) is 4.99 Å². The van der Waals surface area contributed by atoms with Crippen molar-refractivity contribution in [1.29, 1.82) is 0 Å². The van der Waals surface area contributed by atoms with E-state index in [4.69, 9.17) is 10.5 Å². The fourth-order valence-corrected chi connectivity index (χ4v) is 4.79. The molecule has 0 radical (unpaired) electrons. The van der Waals surface area contributed by atoms with Gasteiger partial charge in [0, 0.05) is 31.1 Å². The molecule has 1 fully saturated rings. The number of unbranched alkanes of at least 4 members (excludes halogenated alkanes) is 1. The monoisotopic (exact) mass is 515 g/mol. The van der Waals surface area contributed by atoms with Gasteiger partial charge in [0.1, 0.15) is 12.0 Å². The molecule has 1 heterocycles. The minimum Gasteiger partial charge on any atom is -0.494 e. The molecule has 1 aromatic rings. The molecule has 1 aliphatic heterocycles. The number of guanidine groups is 1. The molecule has 1 saturated carbocycles. The lowest BCUT2D eigenvalue weighted by Gasteiger charge is -2.33. The summed E-state index contributed by atoms with van der Waals surface area (Å²) in [5, 5.41) is 13.3. The number of fused-ring (bicyclic) bond motifs is 1. The number of nitrogens with zero attached hydrogens (tertiary/aromatic N) is 3. The molecule has 1 atom stereocenters. The van der Waals surface area contributed by atoms with E-state index >= 15 is 0 Å². The van der Waals surface area contributed by atoms with Gasteiger partial charge in [0.05, 0.1) is 18.8 Å². The first kappa shape index (κ1) is 28.8. The van der Waals surface area contributed by atoms with Gasteiger partial charge in [-0.3, -0.25) is 9.59 Å². The lowest BCUT2D eigenvalue weighted by molar-refractivity contribution is -0.146. The zero-order valence-corrected chi connectivity index (χ0v) is 23.0. The van der Waals surface area contributed by atoms with E-state index in [9.17, 15) is 14.7 Å². The molecule has 0 aromatic heterocycles. The van der Waals surface area contributed by atoms with Gasteiger partial charge in [0.25, 0.3) is 0 Å². The summed E-state index contributed by atoms with van der Waals surface area (Å²) >= 11 is 0. The van der Waals surface area contributed by atoms with E-state index in [1.165, 1.54) is 0 Å². The molecule has 9 heteroatoms. The van der Waals surface area contributed by atoms with E-state index in [2.05, 4.69) is 31.1 Å². The number of hydrogen-bond donors (Lipinski definition) is 3. The predicted molar refractivity (Wildman–Crippen MR) is 145 cm³/mol. The Morgan fingerprint density at radius 3 is 2.68 bits per heavy atom. The number of ether oxygens (including phenoxy) is 1. The molecule has 0 saturated heterocycles. The molecule has 0 spiro atoms. The van der Waals surface area contributed by atoms with E-state index < -0.39 is 6.23 Å². The van der Waals surface area contributed by atoms with Crippen LogP contribution in [0.2, 0.25) is 0 Å². The molecule has 9 nitrogen and oxygen atoms in total. The van der Waals surface area contributed by atoms with E-state index in [-0.39, 0.29) is 29.8 Å².